The number of carboxylic acids is 1. The highest BCUT2D eigenvalue weighted by Gasteiger charge is 2.33. The Hall–Kier alpha value is -1.49. The molecule has 0 aliphatic carbocycles. The van der Waals surface area contributed by atoms with Gasteiger partial charge in [0, 0.05) is 18.5 Å². The number of hydrogen-bond donors (Lipinski definition) is 1. The van der Waals surface area contributed by atoms with Gasteiger partial charge in [0.2, 0.25) is 0 Å². The molecular formula is C13H13N3O4S3. The van der Waals surface area contributed by atoms with Gasteiger partial charge in [-0.25, -0.2) is 4.98 Å². The van der Waals surface area contributed by atoms with Gasteiger partial charge in [-0.1, -0.05) is 24.0 Å². The van der Waals surface area contributed by atoms with Crippen LogP contribution in [-0.2, 0) is 14.3 Å². The number of ether oxygens (including phenoxy) is 1. The summed E-state index contributed by atoms with van der Waals surface area (Å²) in [5.74, 6) is -1.48. The maximum absolute atomic E-state index is 12.2. The molecule has 0 bridgehead atoms. The normalized spacial score (nSPS) is 20.6. The molecule has 0 saturated carbocycles. The third-order valence-corrected chi connectivity index (χ3v) is 5.53. The van der Waals surface area contributed by atoms with Crippen LogP contribution in [-0.4, -0.2) is 64.0 Å². The standard InChI is InChI=1S/C13H13N3O4S3/c17-10(18)6-16-11(19)9(23-13(16)21)5-8-7-22-12(14-8)15-1-3-20-4-2-15/h5,7H,1-4,6H2,(H,17,18). The zero-order chi connectivity index (χ0) is 16.4. The predicted molar refractivity (Wildman–Crippen MR) is 92.7 cm³/mol. The van der Waals surface area contributed by atoms with Gasteiger partial charge >= 0.3 is 5.97 Å². The summed E-state index contributed by atoms with van der Waals surface area (Å²) in [7, 11) is 0. The molecule has 2 aliphatic heterocycles. The lowest BCUT2D eigenvalue weighted by atomic mass is 10.3. The first-order chi connectivity index (χ1) is 11.0. The fourth-order valence-corrected chi connectivity index (χ4v) is 4.22. The van der Waals surface area contributed by atoms with Crippen LogP contribution in [0.15, 0.2) is 10.3 Å². The van der Waals surface area contributed by atoms with Crippen molar-refractivity contribution in [1.29, 1.82) is 0 Å². The van der Waals surface area contributed by atoms with Crippen molar-refractivity contribution in [2.45, 2.75) is 0 Å². The number of anilines is 1. The van der Waals surface area contributed by atoms with E-state index in [4.69, 9.17) is 22.1 Å². The van der Waals surface area contributed by atoms with E-state index in [1.807, 2.05) is 5.38 Å². The van der Waals surface area contributed by atoms with Crippen LogP contribution in [0, 0.1) is 0 Å². The molecule has 122 valence electrons. The number of hydrogen-bond acceptors (Lipinski definition) is 8. The van der Waals surface area contributed by atoms with Gasteiger partial charge in [0.1, 0.15) is 10.9 Å². The van der Waals surface area contributed by atoms with Gasteiger partial charge in [-0.15, -0.1) is 11.3 Å². The molecule has 1 amide bonds. The minimum atomic E-state index is -1.09. The van der Waals surface area contributed by atoms with Gasteiger partial charge in [-0.05, 0) is 6.08 Å². The van der Waals surface area contributed by atoms with Gasteiger partial charge in [-0.3, -0.25) is 14.5 Å². The zero-order valence-electron chi connectivity index (χ0n) is 11.9. The number of thioether (sulfide) groups is 1. The Labute approximate surface area is 145 Å². The van der Waals surface area contributed by atoms with Crippen LogP contribution in [0.25, 0.3) is 6.08 Å². The fraction of sp³-hybridized carbons (Fsp3) is 0.385. The first kappa shape index (κ1) is 16.4. The molecule has 2 aliphatic rings. The summed E-state index contributed by atoms with van der Waals surface area (Å²) >= 11 is 7.67. The minimum absolute atomic E-state index is 0.257. The second kappa shape index (κ2) is 6.95. The molecule has 2 saturated heterocycles. The Morgan fingerprint density at radius 1 is 1.48 bits per heavy atom. The second-order valence-electron chi connectivity index (χ2n) is 4.82. The van der Waals surface area contributed by atoms with Crippen molar-refractivity contribution in [3.05, 3.63) is 16.0 Å². The number of thiocarbonyl (C=S) groups is 1. The van der Waals surface area contributed by atoms with E-state index in [2.05, 4.69) is 9.88 Å². The molecule has 0 atom stereocenters. The van der Waals surface area contributed by atoms with Gasteiger partial charge in [0.25, 0.3) is 5.91 Å². The number of carbonyl (C=O) groups excluding carboxylic acids is 1. The number of aliphatic carboxylic acids is 1. The molecule has 0 radical (unpaired) electrons. The van der Waals surface area contributed by atoms with Gasteiger partial charge in [-0.2, -0.15) is 0 Å². The molecule has 2 fully saturated rings. The summed E-state index contributed by atoms with van der Waals surface area (Å²) in [6.45, 7) is 2.55. The molecule has 0 spiro atoms. The average Bonchev–Trinajstić information content (AvgIpc) is 3.09. The molecule has 3 heterocycles. The van der Waals surface area contributed by atoms with Crippen molar-refractivity contribution in [2.75, 3.05) is 37.7 Å². The van der Waals surface area contributed by atoms with Crippen molar-refractivity contribution in [3.63, 3.8) is 0 Å². The van der Waals surface area contributed by atoms with E-state index in [9.17, 15) is 9.59 Å². The monoisotopic (exact) mass is 371 g/mol. The topological polar surface area (TPSA) is 83.0 Å². The first-order valence-electron chi connectivity index (χ1n) is 6.80. The molecule has 7 nitrogen and oxygen atoms in total. The summed E-state index contributed by atoms with van der Waals surface area (Å²) < 4.78 is 5.57. The van der Waals surface area contributed by atoms with Crippen LogP contribution in [0.4, 0.5) is 5.13 Å². The third-order valence-electron chi connectivity index (χ3n) is 3.24. The van der Waals surface area contributed by atoms with E-state index in [0.717, 1.165) is 34.9 Å². The summed E-state index contributed by atoms with van der Waals surface area (Å²) in [6.07, 6.45) is 1.65. The lowest BCUT2D eigenvalue weighted by molar-refractivity contribution is -0.140. The number of aromatic nitrogens is 1. The highest BCUT2D eigenvalue weighted by molar-refractivity contribution is 8.26. The van der Waals surface area contributed by atoms with E-state index in [1.165, 1.54) is 11.3 Å². The van der Waals surface area contributed by atoms with Gasteiger partial charge in [0.05, 0.1) is 23.8 Å². The van der Waals surface area contributed by atoms with Crippen molar-refractivity contribution in [2.24, 2.45) is 0 Å². The predicted octanol–water partition coefficient (Wildman–Crippen LogP) is 1.27. The number of rotatable bonds is 4. The Kier molecular flexibility index (Phi) is 4.95. The van der Waals surface area contributed by atoms with Crippen LogP contribution in [0.5, 0.6) is 0 Å². The van der Waals surface area contributed by atoms with Crippen LogP contribution >= 0.6 is 35.3 Å². The SMILES string of the molecule is O=C(O)CN1C(=O)C(=Cc2csc(N3CCOCC3)n2)SC1=S. The van der Waals surface area contributed by atoms with E-state index in [0.29, 0.717) is 23.8 Å². The van der Waals surface area contributed by atoms with Crippen molar-refractivity contribution in [3.8, 4) is 0 Å². The van der Waals surface area contributed by atoms with Crippen molar-refractivity contribution >= 4 is 62.7 Å². The third kappa shape index (κ3) is 3.71. The molecule has 1 aromatic rings. The summed E-state index contributed by atoms with van der Waals surface area (Å²) in [4.78, 5) is 31.1. The maximum atomic E-state index is 12.2. The van der Waals surface area contributed by atoms with Gasteiger partial charge < -0.3 is 14.7 Å². The quantitative estimate of drug-likeness (QED) is 0.626. The Bertz CT molecular complexity index is 682. The van der Waals surface area contributed by atoms with E-state index in [-0.39, 0.29) is 10.2 Å². The summed E-state index contributed by atoms with van der Waals surface area (Å²) in [6, 6.07) is 0. The highest BCUT2D eigenvalue weighted by Crippen LogP contribution is 2.33. The molecule has 0 unspecified atom stereocenters. The lowest BCUT2D eigenvalue weighted by Gasteiger charge is -2.25. The molecule has 3 rings (SSSR count). The van der Waals surface area contributed by atoms with Crippen LogP contribution < -0.4 is 4.90 Å². The highest BCUT2D eigenvalue weighted by atomic mass is 32.2. The maximum Gasteiger partial charge on any atom is 0.323 e. The van der Waals surface area contributed by atoms with E-state index in [1.54, 1.807) is 6.08 Å². The van der Waals surface area contributed by atoms with Crippen LogP contribution in [0.3, 0.4) is 0 Å². The minimum Gasteiger partial charge on any atom is -0.480 e. The number of morpholine rings is 1. The first-order valence-corrected chi connectivity index (χ1v) is 8.90. The molecule has 23 heavy (non-hydrogen) atoms. The number of thiazole rings is 1. The second-order valence-corrected chi connectivity index (χ2v) is 7.33. The largest absolute Gasteiger partial charge is 0.480 e. The molecule has 10 heteroatoms. The number of carboxylic acid groups (broad SMARTS) is 1. The average molecular weight is 371 g/mol. The van der Waals surface area contributed by atoms with Crippen LogP contribution in [0.2, 0.25) is 0 Å². The molecule has 1 N–H and O–H groups in total. The Balaban J connectivity index is 1.74. The van der Waals surface area contributed by atoms with E-state index < -0.39 is 12.5 Å². The smallest absolute Gasteiger partial charge is 0.323 e. The fourth-order valence-electron chi connectivity index (χ4n) is 2.15. The Morgan fingerprint density at radius 3 is 2.91 bits per heavy atom. The zero-order valence-corrected chi connectivity index (χ0v) is 14.4. The molecule has 0 aromatic carbocycles. The van der Waals surface area contributed by atoms with Gasteiger partial charge in [0.15, 0.2) is 5.13 Å². The Morgan fingerprint density at radius 2 is 2.22 bits per heavy atom. The molecular weight excluding hydrogens is 358 g/mol. The van der Waals surface area contributed by atoms with Crippen molar-refractivity contribution < 1.29 is 19.4 Å². The van der Waals surface area contributed by atoms with E-state index >= 15 is 0 Å². The summed E-state index contributed by atoms with van der Waals surface area (Å²) in [5, 5.41) is 11.6. The van der Waals surface area contributed by atoms with Crippen molar-refractivity contribution in [1.82, 2.24) is 9.88 Å². The lowest BCUT2D eigenvalue weighted by Crippen LogP contribution is -2.36. The summed E-state index contributed by atoms with van der Waals surface area (Å²) in [5.41, 5.74) is 0.673. The number of carbonyl (C=O) groups is 2. The van der Waals surface area contributed by atoms with Crippen LogP contribution in [0.1, 0.15) is 5.69 Å². The molecule has 1 aromatic heterocycles. The number of amides is 1. The number of nitrogens with zero attached hydrogens (tertiary/aromatic N) is 3.